The number of carboxylic acids is 1. The number of aryl methyl sites for hydroxylation is 2. The first-order valence-corrected chi connectivity index (χ1v) is 8.01. The van der Waals surface area contributed by atoms with Crippen molar-refractivity contribution in [1.29, 1.82) is 0 Å². The Kier molecular flexibility index (Phi) is 6.75. The second kappa shape index (κ2) is 8.08. The van der Waals surface area contributed by atoms with Crippen LogP contribution in [0.3, 0.4) is 0 Å². The average molecular weight is 309 g/mol. The summed E-state index contributed by atoms with van der Waals surface area (Å²) in [6.45, 7) is 7.57. The molecule has 0 spiro atoms. The van der Waals surface area contributed by atoms with Gasteiger partial charge in [-0.3, -0.25) is 9.59 Å². The van der Waals surface area contributed by atoms with Gasteiger partial charge in [0.05, 0.1) is 0 Å². The van der Waals surface area contributed by atoms with Crippen LogP contribution in [-0.4, -0.2) is 40.2 Å². The summed E-state index contributed by atoms with van der Waals surface area (Å²) in [6, 6.07) is 6.14. The van der Waals surface area contributed by atoms with Gasteiger partial charge in [0.15, 0.2) is 0 Å². The average Bonchev–Trinajstić information content (AvgIpc) is 2.39. The van der Waals surface area contributed by atoms with Crippen LogP contribution in [0, 0.1) is 13.8 Å². The van der Waals surface area contributed by atoms with Crippen molar-refractivity contribution < 1.29 is 14.7 Å². The quantitative estimate of drug-likeness (QED) is 0.786. The molecular weight excluding hydrogens is 286 g/mol. The van der Waals surface area contributed by atoms with Crippen molar-refractivity contribution in [2.45, 2.75) is 45.1 Å². The van der Waals surface area contributed by atoms with Crippen LogP contribution in [0.2, 0.25) is 0 Å². The molecule has 0 atom stereocenters. The van der Waals surface area contributed by atoms with Crippen LogP contribution >= 0.6 is 11.8 Å². The Morgan fingerprint density at radius 1 is 1.24 bits per heavy atom. The molecule has 1 N–H and O–H groups in total. The fourth-order valence-corrected chi connectivity index (χ4v) is 2.84. The van der Waals surface area contributed by atoms with Crippen LogP contribution in [0.4, 0.5) is 0 Å². The van der Waals surface area contributed by atoms with E-state index < -0.39 is 5.97 Å². The van der Waals surface area contributed by atoms with Crippen LogP contribution in [0.5, 0.6) is 0 Å². The van der Waals surface area contributed by atoms with Gasteiger partial charge in [-0.2, -0.15) is 0 Å². The number of carbonyl (C=O) groups excluding carboxylic acids is 1. The van der Waals surface area contributed by atoms with E-state index in [1.807, 2.05) is 13.8 Å². The van der Waals surface area contributed by atoms with E-state index in [1.165, 1.54) is 16.0 Å². The topological polar surface area (TPSA) is 57.6 Å². The van der Waals surface area contributed by atoms with Gasteiger partial charge in [0.1, 0.15) is 6.54 Å². The number of aliphatic carboxylic acids is 1. The second-order valence-electron chi connectivity index (χ2n) is 5.35. The van der Waals surface area contributed by atoms with Crippen LogP contribution in [-0.2, 0) is 9.59 Å². The fraction of sp³-hybridized carbons (Fsp3) is 0.500. The molecule has 1 amide bonds. The van der Waals surface area contributed by atoms with Crippen molar-refractivity contribution in [1.82, 2.24) is 4.90 Å². The molecule has 4 nitrogen and oxygen atoms in total. The Bertz CT molecular complexity index is 514. The number of nitrogens with zero attached hydrogens (tertiary/aromatic N) is 1. The predicted molar refractivity (Wildman–Crippen MR) is 85.7 cm³/mol. The lowest BCUT2D eigenvalue weighted by Gasteiger charge is -2.24. The Labute approximate surface area is 130 Å². The molecule has 0 radical (unpaired) electrons. The maximum atomic E-state index is 12.1. The monoisotopic (exact) mass is 309 g/mol. The molecule has 0 unspecified atom stereocenters. The van der Waals surface area contributed by atoms with Crippen molar-refractivity contribution >= 4 is 23.6 Å². The molecule has 21 heavy (non-hydrogen) atoms. The van der Waals surface area contributed by atoms with Gasteiger partial charge in [0, 0.05) is 23.1 Å². The molecule has 5 heteroatoms. The summed E-state index contributed by atoms with van der Waals surface area (Å²) in [7, 11) is 0. The van der Waals surface area contributed by atoms with Crippen molar-refractivity contribution in [3.8, 4) is 0 Å². The van der Waals surface area contributed by atoms with Crippen molar-refractivity contribution in [2.75, 3.05) is 12.3 Å². The van der Waals surface area contributed by atoms with E-state index >= 15 is 0 Å². The van der Waals surface area contributed by atoms with Crippen LogP contribution in [0.15, 0.2) is 23.1 Å². The number of rotatable bonds is 7. The summed E-state index contributed by atoms with van der Waals surface area (Å²) in [5.41, 5.74) is 2.49. The van der Waals surface area contributed by atoms with Crippen molar-refractivity contribution in [3.63, 3.8) is 0 Å². The molecule has 0 aliphatic rings. The molecule has 0 heterocycles. The van der Waals surface area contributed by atoms with E-state index in [9.17, 15) is 9.59 Å². The van der Waals surface area contributed by atoms with E-state index in [2.05, 4.69) is 32.0 Å². The molecule has 1 aromatic carbocycles. The van der Waals surface area contributed by atoms with E-state index in [1.54, 1.807) is 11.8 Å². The normalized spacial score (nSPS) is 10.7. The molecule has 1 aromatic rings. The molecule has 1 rings (SSSR count). The molecule has 0 fully saturated rings. The molecule has 0 saturated heterocycles. The van der Waals surface area contributed by atoms with Gasteiger partial charge in [-0.15, -0.1) is 11.8 Å². The summed E-state index contributed by atoms with van der Waals surface area (Å²) in [6.07, 6.45) is 0.350. The Balaban J connectivity index is 2.51. The smallest absolute Gasteiger partial charge is 0.323 e. The molecule has 0 saturated carbocycles. The number of carbonyl (C=O) groups is 2. The van der Waals surface area contributed by atoms with Crippen molar-refractivity contribution in [3.05, 3.63) is 29.3 Å². The summed E-state index contributed by atoms with van der Waals surface area (Å²) >= 11 is 1.62. The highest BCUT2D eigenvalue weighted by atomic mass is 32.2. The van der Waals surface area contributed by atoms with Gasteiger partial charge < -0.3 is 10.0 Å². The zero-order valence-corrected chi connectivity index (χ0v) is 13.9. The zero-order chi connectivity index (χ0) is 16.0. The van der Waals surface area contributed by atoms with E-state index in [0.29, 0.717) is 12.2 Å². The third-order valence-electron chi connectivity index (χ3n) is 3.31. The number of hydrogen-bond acceptors (Lipinski definition) is 3. The zero-order valence-electron chi connectivity index (χ0n) is 13.0. The van der Waals surface area contributed by atoms with Gasteiger partial charge in [-0.25, -0.2) is 0 Å². The van der Waals surface area contributed by atoms with Crippen LogP contribution < -0.4 is 0 Å². The summed E-state index contributed by atoms with van der Waals surface area (Å²) in [5, 5.41) is 8.84. The first kappa shape index (κ1) is 17.6. The molecule has 0 bridgehead atoms. The van der Waals surface area contributed by atoms with Crippen molar-refractivity contribution in [2.24, 2.45) is 0 Å². The SMILES string of the molecule is Cc1ccc(SCCC(=O)N(CC(=O)O)C(C)C)cc1C. The molecule has 0 aliphatic heterocycles. The number of hydrogen-bond donors (Lipinski definition) is 1. The number of amides is 1. The summed E-state index contributed by atoms with van der Waals surface area (Å²) in [5.74, 6) is -0.424. The van der Waals surface area contributed by atoms with E-state index in [4.69, 9.17) is 5.11 Å². The maximum Gasteiger partial charge on any atom is 0.323 e. The third kappa shape index (κ3) is 5.79. The lowest BCUT2D eigenvalue weighted by molar-refractivity contribution is -0.145. The number of benzene rings is 1. The van der Waals surface area contributed by atoms with E-state index in [0.717, 1.165) is 4.90 Å². The highest BCUT2D eigenvalue weighted by Gasteiger charge is 2.19. The van der Waals surface area contributed by atoms with Gasteiger partial charge in [-0.1, -0.05) is 6.07 Å². The Morgan fingerprint density at radius 2 is 1.90 bits per heavy atom. The lowest BCUT2D eigenvalue weighted by atomic mass is 10.1. The van der Waals surface area contributed by atoms with Gasteiger partial charge in [0.2, 0.25) is 5.91 Å². The highest BCUT2D eigenvalue weighted by molar-refractivity contribution is 7.99. The number of thioether (sulfide) groups is 1. The molecule has 0 aliphatic carbocycles. The minimum absolute atomic E-state index is 0.0970. The number of carboxylic acid groups (broad SMARTS) is 1. The largest absolute Gasteiger partial charge is 0.480 e. The molecule has 0 aromatic heterocycles. The van der Waals surface area contributed by atoms with E-state index in [-0.39, 0.29) is 18.5 Å². The van der Waals surface area contributed by atoms with Crippen LogP contribution in [0.1, 0.15) is 31.4 Å². The molecular formula is C16H23NO3S. The lowest BCUT2D eigenvalue weighted by Crippen LogP contribution is -2.40. The highest BCUT2D eigenvalue weighted by Crippen LogP contribution is 2.22. The first-order chi connectivity index (χ1) is 9.81. The second-order valence-corrected chi connectivity index (χ2v) is 6.52. The fourth-order valence-electron chi connectivity index (χ4n) is 1.91. The predicted octanol–water partition coefficient (Wildman–Crippen LogP) is 3.11. The van der Waals surface area contributed by atoms with Crippen LogP contribution in [0.25, 0.3) is 0 Å². The standard InChI is InChI=1S/C16H23NO3S/c1-11(2)17(10-16(19)20)15(18)7-8-21-14-6-5-12(3)13(4)9-14/h5-6,9,11H,7-8,10H2,1-4H3,(H,19,20). The van der Waals surface area contributed by atoms with Gasteiger partial charge >= 0.3 is 5.97 Å². The summed E-state index contributed by atoms with van der Waals surface area (Å²) in [4.78, 5) is 25.4. The maximum absolute atomic E-state index is 12.1. The minimum Gasteiger partial charge on any atom is -0.480 e. The van der Waals surface area contributed by atoms with Gasteiger partial charge in [-0.05, 0) is 51.0 Å². The first-order valence-electron chi connectivity index (χ1n) is 7.02. The summed E-state index contributed by atoms with van der Waals surface area (Å²) < 4.78 is 0. The third-order valence-corrected chi connectivity index (χ3v) is 4.31. The van der Waals surface area contributed by atoms with Gasteiger partial charge in [0.25, 0.3) is 0 Å². The minimum atomic E-state index is -0.973. The molecule has 116 valence electrons. The Hall–Kier alpha value is -1.49. The Morgan fingerprint density at radius 3 is 2.43 bits per heavy atom.